The first kappa shape index (κ1) is 25.9. The van der Waals surface area contributed by atoms with E-state index in [0.29, 0.717) is 13.0 Å². The van der Waals surface area contributed by atoms with Crippen LogP contribution in [-0.4, -0.2) is 67.5 Å². The molecule has 0 saturated carbocycles. The van der Waals surface area contributed by atoms with Gasteiger partial charge in [-0.1, -0.05) is 62.4 Å². The lowest BCUT2D eigenvalue weighted by Crippen LogP contribution is -2.50. The smallest absolute Gasteiger partial charge is 0.247 e. The lowest BCUT2D eigenvalue weighted by Gasteiger charge is -2.37. The predicted octanol–water partition coefficient (Wildman–Crippen LogP) is 3.49. The molecule has 0 bridgehead atoms. The molecule has 3 atom stereocenters. The summed E-state index contributed by atoms with van der Waals surface area (Å²) in [6, 6.07) is 14.2. The van der Waals surface area contributed by atoms with Gasteiger partial charge >= 0.3 is 0 Å². The maximum atomic E-state index is 13.5. The third kappa shape index (κ3) is 5.87. The number of sulfonamides is 1. The van der Waals surface area contributed by atoms with Gasteiger partial charge in [0, 0.05) is 32.0 Å². The molecule has 0 unspecified atom stereocenters. The Hall–Kier alpha value is -2.68. The molecule has 0 fully saturated rings. The summed E-state index contributed by atoms with van der Waals surface area (Å²) in [7, 11) is -2.17. The minimum Gasteiger partial charge on any atom is -0.487 e. The zero-order chi connectivity index (χ0) is 24.9. The second-order valence-corrected chi connectivity index (χ2v) is 10.7. The fourth-order valence-corrected chi connectivity index (χ4v) is 5.79. The Kier molecular flexibility index (Phi) is 8.52. The minimum absolute atomic E-state index is 0.00849. The van der Waals surface area contributed by atoms with Crippen molar-refractivity contribution < 1.29 is 23.1 Å². The van der Waals surface area contributed by atoms with Crippen molar-refractivity contribution in [3.05, 3.63) is 59.7 Å². The molecular weight excluding hydrogens is 452 g/mol. The van der Waals surface area contributed by atoms with Gasteiger partial charge in [-0.25, -0.2) is 8.42 Å². The van der Waals surface area contributed by atoms with Crippen LogP contribution in [0.15, 0.2) is 53.4 Å². The summed E-state index contributed by atoms with van der Waals surface area (Å²) in [5.74, 6) is 0.0256. The Bertz CT molecular complexity index is 1120. The Morgan fingerprint density at radius 2 is 1.88 bits per heavy atom. The number of aliphatic hydroxyl groups excluding tert-OH is 1. The molecule has 8 heteroatoms. The fraction of sp³-hybridized carbons (Fsp3) is 0.423. The number of nitrogens with zero attached hydrogens (tertiary/aromatic N) is 2. The second-order valence-electron chi connectivity index (χ2n) is 8.82. The zero-order valence-corrected chi connectivity index (χ0v) is 21.0. The molecule has 3 rings (SSSR count). The van der Waals surface area contributed by atoms with Crippen LogP contribution in [-0.2, 0) is 14.8 Å². The highest BCUT2D eigenvalue weighted by Gasteiger charge is 2.38. The van der Waals surface area contributed by atoms with Gasteiger partial charge in [0.05, 0.1) is 13.2 Å². The van der Waals surface area contributed by atoms with Gasteiger partial charge in [-0.05, 0) is 30.2 Å². The van der Waals surface area contributed by atoms with E-state index in [1.165, 1.54) is 4.31 Å². The van der Waals surface area contributed by atoms with Gasteiger partial charge in [0.2, 0.25) is 15.9 Å². The lowest BCUT2D eigenvalue weighted by atomic mass is 10.0. The Morgan fingerprint density at radius 3 is 2.53 bits per heavy atom. The van der Waals surface area contributed by atoms with Crippen LogP contribution in [0, 0.1) is 5.92 Å². The molecule has 1 N–H and O–H groups in total. The van der Waals surface area contributed by atoms with Crippen LogP contribution in [0.4, 0.5) is 0 Å². The third-order valence-corrected chi connectivity index (χ3v) is 8.16. The van der Waals surface area contributed by atoms with E-state index >= 15 is 0 Å². The van der Waals surface area contributed by atoms with Crippen molar-refractivity contribution in [2.75, 3.05) is 26.7 Å². The number of fused-ring (bicyclic) bond motifs is 1. The number of carbonyl (C=O) groups excluding carboxylic acids is 1. The highest BCUT2D eigenvalue weighted by Crippen LogP contribution is 2.34. The molecule has 0 spiro atoms. The molecule has 34 heavy (non-hydrogen) atoms. The summed E-state index contributed by atoms with van der Waals surface area (Å²) in [6.07, 6.45) is 3.82. The number of hydrogen-bond donors (Lipinski definition) is 1. The van der Waals surface area contributed by atoms with Gasteiger partial charge in [0.15, 0.2) is 0 Å². The molecule has 0 saturated heterocycles. The Labute approximate surface area is 202 Å². The molecule has 1 heterocycles. The highest BCUT2D eigenvalue weighted by molar-refractivity contribution is 7.89. The number of likely N-dealkylation sites (N-methyl/N-ethyl adjacent to an activating group) is 1. The van der Waals surface area contributed by atoms with E-state index in [1.807, 2.05) is 49.4 Å². The van der Waals surface area contributed by atoms with Gasteiger partial charge < -0.3 is 14.7 Å². The summed E-state index contributed by atoms with van der Waals surface area (Å²) in [5.41, 5.74) is 1.82. The summed E-state index contributed by atoms with van der Waals surface area (Å²) < 4.78 is 34.7. The summed E-state index contributed by atoms with van der Waals surface area (Å²) in [6.45, 7) is 5.62. The molecule has 1 aliphatic heterocycles. The number of carbonyl (C=O) groups is 1. The quantitative estimate of drug-likeness (QED) is 0.606. The van der Waals surface area contributed by atoms with E-state index in [2.05, 4.69) is 0 Å². The van der Waals surface area contributed by atoms with Crippen LogP contribution < -0.4 is 4.74 Å². The largest absolute Gasteiger partial charge is 0.487 e. The summed E-state index contributed by atoms with van der Waals surface area (Å²) >= 11 is 0. The zero-order valence-electron chi connectivity index (χ0n) is 20.2. The monoisotopic (exact) mass is 486 g/mol. The minimum atomic E-state index is -3.90. The van der Waals surface area contributed by atoms with E-state index in [9.17, 15) is 18.3 Å². The summed E-state index contributed by atoms with van der Waals surface area (Å²) in [5, 5.41) is 9.75. The molecule has 2 aromatic rings. The van der Waals surface area contributed by atoms with E-state index in [1.54, 1.807) is 44.0 Å². The maximum absolute atomic E-state index is 13.5. The normalized spacial score (nSPS) is 21.2. The number of benzene rings is 2. The molecular formula is C26H34N2O5S. The van der Waals surface area contributed by atoms with Gasteiger partial charge in [0.25, 0.3) is 0 Å². The Morgan fingerprint density at radius 1 is 1.21 bits per heavy atom. The van der Waals surface area contributed by atoms with Crippen molar-refractivity contribution in [2.24, 2.45) is 5.92 Å². The SMILES string of the molecule is CCC(=O)N(C)C[C@H]1Oc2cc(/C=C/c3ccccc3)ccc2S(=O)(=O)N([C@@H](C)CO)C[C@H]1C. The topological polar surface area (TPSA) is 87.2 Å². The highest BCUT2D eigenvalue weighted by atomic mass is 32.2. The number of aliphatic hydroxyl groups is 1. The number of ether oxygens (including phenoxy) is 1. The van der Waals surface area contributed by atoms with Crippen molar-refractivity contribution in [2.45, 2.75) is 44.2 Å². The molecule has 0 aliphatic carbocycles. The van der Waals surface area contributed by atoms with Gasteiger partial charge in [-0.2, -0.15) is 4.31 Å². The Balaban J connectivity index is 2.04. The van der Waals surface area contributed by atoms with Gasteiger partial charge in [0.1, 0.15) is 16.7 Å². The first-order chi connectivity index (χ1) is 16.2. The van der Waals surface area contributed by atoms with Crippen LogP contribution >= 0.6 is 0 Å². The van der Waals surface area contributed by atoms with E-state index in [4.69, 9.17) is 4.74 Å². The molecule has 0 radical (unpaired) electrons. The van der Waals surface area contributed by atoms with E-state index < -0.39 is 22.2 Å². The van der Waals surface area contributed by atoms with E-state index in [-0.39, 0.29) is 35.6 Å². The molecule has 184 valence electrons. The van der Waals surface area contributed by atoms with Crippen molar-refractivity contribution in [1.82, 2.24) is 9.21 Å². The van der Waals surface area contributed by atoms with Gasteiger partial charge in [-0.15, -0.1) is 0 Å². The molecule has 2 aromatic carbocycles. The van der Waals surface area contributed by atoms with Crippen molar-refractivity contribution >= 4 is 28.1 Å². The average Bonchev–Trinajstić information content (AvgIpc) is 2.84. The van der Waals surface area contributed by atoms with Crippen molar-refractivity contribution in [1.29, 1.82) is 0 Å². The van der Waals surface area contributed by atoms with Crippen LogP contribution in [0.25, 0.3) is 12.2 Å². The van der Waals surface area contributed by atoms with Crippen LogP contribution in [0.3, 0.4) is 0 Å². The average molecular weight is 487 g/mol. The van der Waals surface area contributed by atoms with Crippen molar-refractivity contribution in [3.63, 3.8) is 0 Å². The van der Waals surface area contributed by atoms with Crippen LogP contribution in [0.2, 0.25) is 0 Å². The lowest BCUT2D eigenvalue weighted by molar-refractivity contribution is -0.131. The number of amides is 1. The molecule has 0 aromatic heterocycles. The standard InChI is InChI=1S/C26H34N2O5S/c1-5-26(30)27(4)17-24-19(2)16-28(20(3)18-29)34(31,32)25-14-13-22(15-23(25)33-24)12-11-21-9-7-6-8-10-21/h6-15,19-20,24,29H,5,16-18H2,1-4H3/b12-11+/t19-,20+,24-/m1/s1. The second kappa shape index (κ2) is 11.2. The number of hydrogen-bond acceptors (Lipinski definition) is 5. The molecule has 1 aliphatic rings. The van der Waals surface area contributed by atoms with Crippen molar-refractivity contribution in [3.8, 4) is 5.75 Å². The van der Waals surface area contributed by atoms with Crippen LogP contribution in [0.5, 0.6) is 5.75 Å². The summed E-state index contributed by atoms with van der Waals surface area (Å²) in [4.78, 5) is 13.9. The maximum Gasteiger partial charge on any atom is 0.247 e. The molecule has 7 nitrogen and oxygen atoms in total. The fourth-order valence-electron chi connectivity index (χ4n) is 3.96. The predicted molar refractivity (Wildman–Crippen MR) is 134 cm³/mol. The first-order valence-corrected chi connectivity index (χ1v) is 13.0. The van der Waals surface area contributed by atoms with Gasteiger partial charge in [-0.3, -0.25) is 4.79 Å². The van der Waals surface area contributed by atoms with Crippen LogP contribution in [0.1, 0.15) is 38.3 Å². The third-order valence-electron chi connectivity index (χ3n) is 6.14. The first-order valence-electron chi connectivity index (χ1n) is 11.6. The molecule has 1 amide bonds. The van der Waals surface area contributed by atoms with E-state index in [0.717, 1.165) is 11.1 Å². The number of rotatable bonds is 7.